The van der Waals surface area contributed by atoms with Gasteiger partial charge in [-0.2, -0.15) is 0 Å². The van der Waals surface area contributed by atoms with Crippen molar-refractivity contribution in [1.82, 2.24) is 28.9 Å². The van der Waals surface area contributed by atoms with Gasteiger partial charge in [0, 0.05) is 68.4 Å². The van der Waals surface area contributed by atoms with E-state index >= 15 is 0 Å². The molecule has 2 aliphatic carbocycles. The van der Waals surface area contributed by atoms with E-state index in [1.165, 1.54) is 12.8 Å². The van der Waals surface area contributed by atoms with Gasteiger partial charge in [-0.3, -0.25) is 9.59 Å². The lowest BCUT2D eigenvalue weighted by molar-refractivity contribution is 0.0700. The zero-order chi connectivity index (χ0) is 31.9. The Balaban J connectivity index is 1.22. The van der Waals surface area contributed by atoms with Crippen molar-refractivity contribution in [2.45, 2.75) is 44.3 Å². The van der Waals surface area contributed by atoms with Crippen molar-refractivity contribution in [2.75, 3.05) is 27.7 Å². The van der Waals surface area contributed by atoms with Gasteiger partial charge < -0.3 is 29.4 Å². The van der Waals surface area contributed by atoms with E-state index < -0.39 is 0 Å². The zero-order valence-electron chi connectivity index (χ0n) is 26.7. The van der Waals surface area contributed by atoms with Gasteiger partial charge in [-0.15, -0.1) is 0 Å². The lowest BCUT2D eigenvalue weighted by atomic mass is 10.1. The van der Waals surface area contributed by atoms with E-state index in [0.29, 0.717) is 40.8 Å². The molecule has 2 amide bonds. The molecule has 8 rings (SSSR count). The van der Waals surface area contributed by atoms with E-state index in [9.17, 15) is 9.59 Å². The lowest BCUT2D eigenvalue weighted by Gasteiger charge is -2.27. The molecule has 10 heteroatoms. The summed E-state index contributed by atoms with van der Waals surface area (Å²) in [5.74, 6) is 2.34. The molecule has 5 aromatic rings. The molecular weight excluding hydrogens is 578 g/mol. The van der Waals surface area contributed by atoms with Crippen molar-refractivity contribution in [3.8, 4) is 28.5 Å². The summed E-state index contributed by atoms with van der Waals surface area (Å²) >= 11 is 0. The van der Waals surface area contributed by atoms with E-state index in [1.807, 2.05) is 54.4 Å². The number of likely N-dealkylation sites (tertiary alicyclic amines) is 1. The van der Waals surface area contributed by atoms with E-state index in [2.05, 4.69) is 21.3 Å². The van der Waals surface area contributed by atoms with Crippen LogP contribution in [0.2, 0.25) is 0 Å². The van der Waals surface area contributed by atoms with Crippen LogP contribution in [0, 0.1) is 11.8 Å². The molecule has 1 saturated heterocycles. The maximum atomic E-state index is 13.7. The number of aryl methyl sites for hydroxylation is 1. The van der Waals surface area contributed by atoms with Crippen molar-refractivity contribution in [1.29, 1.82) is 0 Å². The molecule has 3 fully saturated rings. The number of methoxy groups -OCH3 is 1. The number of pyridine rings is 1. The van der Waals surface area contributed by atoms with Crippen LogP contribution in [0.15, 0.2) is 54.6 Å². The van der Waals surface area contributed by atoms with Gasteiger partial charge in [0.15, 0.2) is 5.82 Å². The standard InChI is InChI=1S/C36H39N7O3/c1-40(2)35(44)23-7-5-6-21(14-23)26-12-10-22-16-29(42(33(22)38-26)18-20-8-9-20)34-39-27-15-25(17-30(46-4)32(27)41(34)3)36(45)43-19-24-11-13-28(43)31(24)37/h5-7,10,12,14-17,20,24,28,31H,8-9,11,13,18-19,37H2,1-4H3/t24-,28-,31-/m1/s1. The highest BCUT2D eigenvalue weighted by Gasteiger charge is 2.47. The maximum absolute atomic E-state index is 13.7. The average molecular weight is 618 g/mol. The lowest BCUT2D eigenvalue weighted by Crippen LogP contribution is -2.41. The zero-order valence-corrected chi connectivity index (χ0v) is 26.7. The van der Waals surface area contributed by atoms with Crippen LogP contribution in [-0.2, 0) is 13.6 Å². The summed E-state index contributed by atoms with van der Waals surface area (Å²) in [6.07, 6.45) is 4.44. The molecule has 2 saturated carbocycles. The Labute approximate surface area is 267 Å². The van der Waals surface area contributed by atoms with Gasteiger partial charge in [0.1, 0.15) is 16.9 Å². The third kappa shape index (κ3) is 4.57. The second kappa shape index (κ2) is 10.7. The highest BCUT2D eigenvalue weighted by molar-refractivity contribution is 6.00. The number of ether oxygens (including phenoxy) is 1. The summed E-state index contributed by atoms with van der Waals surface area (Å²) in [6.45, 7) is 1.56. The fourth-order valence-electron chi connectivity index (χ4n) is 7.55. The van der Waals surface area contributed by atoms with Crippen LogP contribution in [0.4, 0.5) is 0 Å². The topological polar surface area (TPSA) is 112 Å². The molecule has 0 unspecified atom stereocenters. The molecule has 3 aliphatic rings. The average Bonchev–Trinajstić information content (AvgIpc) is 3.47. The van der Waals surface area contributed by atoms with Crippen LogP contribution in [0.3, 0.4) is 0 Å². The normalized spacial score (nSPS) is 20.6. The van der Waals surface area contributed by atoms with E-state index in [4.69, 9.17) is 20.4 Å². The van der Waals surface area contributed by atoms with Crippen molar-refractivity contribution >= 4 is 33.9 Å². The predicted molar refractivity (Wildman–Crippen MR) is 178 cm³/mol. The van der Waals surface area contributed by atoms with Gasteiger partial charge in [-0.25, -0.2) is 9.97 Å². The van der Waals surface area contributed by atoms with E-state index in [1.54, 1.807) is 26.1 Å². The Hall–Kier alpha value is -4.70. The first-order valence-corrected chi connectivity index (χ1v) is 16.2. The van der Waals surface area contributed by atoms with Gasteiger partial charge in [0.05, 0.1) is 24.0 Å². The summed E-state index contributed by atoms with van der Waals surface area (Å²) in [5.41, 5.74) is 12.8. The van der Waals surface area contributed by atoms with Gasteiger partial charge in [0.25, 0.3) is 11.8 Å². The first-order valence-electron chi connectivity index (χ1n) is 16.2. The third-order valence-corrected chi connectivity index (χ3v) is 10.2. The molecule has 0 spiro atoms. The van der Waals surface area contributed by atoms with Gasteiger partial charge in [0.2, 0.25) is 0 Å². The maximum Gasteiger partial charge on any atom is 0.254 e. The Bertz CT molecular complexity index is 2040. The monoisotopic (exact) mass is 617 g/mol. The van der Waals surface area contributed by atoms with Crippen molar-refractivity contribution in [3.05, 3.63) is 65.7 Å². The molecule has 2 N–H and O–H groups in total. The molecule has 236 valence electrons. The molecule has 1 aliphatic heterocycles. The van der Waals surface area contributed by atoms with Gasteiger partial charge in [-0.1, -0.05) is 12.1 Å². The van der Waals surface area contributed by atoms with E-state index in [0.717, 1.165) is 58.7 Å². The fourth-order valence-corrected chi connectivity index (χ4v) is 7.55. The Kier molecular flexibility index (Phi) is 6.68. The number of piperidine rings is 1. The minimum Gasteiger partial charge on any atom is -0.494 e. The van der Waals surface area contributed by atoms with Crippen LogP contribution in [0.25, 0.3) is 44.8 Å². The molecular formula is C36H39N7O3. The molecule has 2 aromatic carbocycles. The second-order valence-corrected chi connectivity index (χ2v) is 13.5. The first kappa shape index (κ1) is 28.8. The number of aromatic nitrogens is 4. The number of hydrogen-bond acceptors (Lipinski definition) is 6. The van der Waals surface area contributed by atoms with Crippen molar-refractivity contribution in [3.63, 3.8) is 0 Å². The molecule has 3 aromatic heterocycles. The van der Waals surface area contributed by atoms with E-state index in [-0.39, 0.29) is 23.9 Å². The minimum absolute atomic E-state index is 0.00835. The first-order chi connectivity index (χ1) is 22.2. The summed E-state index contributed by atoms with van der Waals surface area (Å²) < 4.78 is 10.2. The van der Waals surface area contributed by atoms with Crippen molar-refractivity contribution < 1.29 is 14.3 Å². The number of nitrogens with two attached hydrogens (primary N) is 1. The van der Waals surface area contributed by atoms with Gasteiger partial charge >= 0.3 is 0 Å². The Morgan fingerprint density at radius 3 is 2.52 bits per heavy atom. The number of carbonyl (C=O) groups is 2. The molecule has 0 radical (unpaired) electrons. The third-order valence-electron chi connectivity index (χ3n) is 10.2. The number of amides is 2. The summed E-state index contributed by atoms with van der Waals surface area (Å²) in [4.78, 5) is 40.2. The van der Waals surface area contributed by atoms with Crippen LogP contribution < -0.4 is 10.5 Å². The number of fused-ring (bicyclic) bond motifs is 4. The second-order valence-electron chi connectivity index (χ2n) is 13.5. The van der Waals surface area contributed by atoms with Crippen LogP contribution >= 0.6 is 0 Å². The smallest absolute Gasteiger partial charge is 0.254 e. The summed E-state index contributed by atoms with van der Waals surface area (Å²) in [7, 11) is 7.15. The quantitative estimate of drug-likeness (QED) is 0.277. The molecule has 10 nitrogen and oxygen atoms in total. The molecule has 4 heterocycles. The largest absolute Gasteiger partial charge is 0.494 e. The number of rotatable bonds is 7. The van der Waals surface area contributed by atoms with Crippen LogP contribution in [-0.4, -0.2) is 80.5 Å². The minimum atomic E-state index is -0.0410. The van der Waals surface area contributed by atoms with Crippen LogP contribution in [0.5, 0.6) is 5.75 Å². The highest BCUT2D eigenvalue weighted by atomic mass is 16.5. The number of carbonyl (C=O) groups excluding carboxylic acids is 2. The van der Waals surface area contributed by atoms with Gasteiger partial charge in [-0.05, 0) is 80.0 Å². The highest BCUT2D eigenvalue weighted by Crippen LogP contribution is 2.40. The number of hydrogen-bond donors (Lipinski definition) is 1. The molecule has 46 heavy (non-hydrogen) atoms. The Morgan fingerprint density at radius 2 is 1.83 bits per heavy atom. The number of nitrogens with zero attached hydrogens (tertiary/aromatic N) is 6. The SMILES string of the molecule is COc1cc(C(=O)N2C[C@H]3CC[C@@H]2[C@@H]3N)cc2nc(-c3cc4ccc(-c5cccc(C(=O)N(C)C)c5)nc4n3CC3CC3)n(C)c12. The number of benzene rings is 2. The fraction of sp³-hybridized carbons (Fsp3) is 0.389. The summed E-state index contributed by atoms with van der Waals surface area (Å²) in [5, 5.41) is 1.02. The van der Waals surface area contributed by atoms with Crippen molar-refractivity contribution in [2.24, 2.45) is 24.6 Å². The van der Waals surface area contributed by atoms with Crippen LogP contribution in [0.1, 0.15) is 46.4 Å². The molecule has 2 bridgehead atoms. The number of imidazole rings is 1. The Morgan fingerprint density at radius 1 is 1.00 bits per heavy atom. The predicted octanol–water partition coefficient (Wildman–Crippen LogP) is 4.94. The molecule has 3 atom stereocenters. The summed E-state index contributed by atoms with van der Waals surface area (Å²) in [6, 6.07) is 17.8.